The Labute approximate surface area is 170 Å². The summed E-state index contributed by atoms with van der Waals surface area (Å²) in [5, 5.41) is 7.33. The number of hydrogen-bond acceptors (Lipinski definition) is 4. The summed E-state index contributed by atoms with van der Waals surface area (Å²) in [5.74, 6) is 0.809. The molecule has 0 radical (unpaired) electrons. The summed E-state index contributed by atoms with van der Waals surface area (Å²) in [6.07, 6.45) is 5.23. The van der Waals surface area contributed by atoms with Crippen molar-refractivity contribution in [3.63, 3.8) is 0 Å². The van der Waals surface area contributed by atoms with E-state index in [1.54, 1.807) is 18.0 Å². The highest BCUT2D eigenvalue weighted by Crippen LogP contribution is 2.49. The number of hydrogen-bond donors (Lipinski definition) is 1. The summed E-state index contributed by atoms with van der Waals surface area (Å²) in [7, 11) is 1.64. The van der Waals surface area contributed by atoms with Crippen LogP contribution in [0.5, 0.6) is 5.75 Å². The first-order valence-corrected chi connectivity index (χ1v) is 9.80. The third kappa shape index (κ3) is 4.49. The second-order valence-electron chi connectivity index (χ2n) is 7.30. The van der Waals surface area contributed by atoms with Crippen molar-refractivity contribution in [3.05, 3.63) is 78.1 Å². The number of anilines is 1. The van der Waals surface area contributed by atoms with E-state index in [4.69, 9.17) is 9.47 Å². The Morgan fingerprint density at radius 3 is 2.59 bits per heavy atom. The zero-order valence-electron chi connectivity index (χ0n) is 16.5. The third-order valence-corrected chi connectivity index (χ3v) is 5.29. The molecule has 4 rings (SSSR count). The molecule has 0 unspecified atom stereocenters. The fourth-order valence-corrected chi connectivity index (χ4v) is 3.41. The highest BCUT2D eigenvalue weighted by molar-refractivity contribution is 6.01. The molecule has 0 atom stereocenters. The normalized spacial score (nSPS) is 14.4. The van der Waals surface area contributed by atoms with Crippen LogP contribution < -0.4 is 10.1 Å². The molecule has 150 valence electrons. The predicted octanol–water partition coefficient (Wildman–Crippen LogP) is 3.78. The molecule has 6 nitrogen and oxygen atoms in total. The fourth-order valence-electron chi connectivity index (χ4n) is 3.41. The predicted molar refractivity (Wildman–Crippen MR) is 111 cm³/mol. The molecule has 1 aliphatic rings. The largest absolute Gasteiger partial charge is 0.497 e. The number of rotatable bonds is 9. The average Bonchev–Trinajstić information content (AvgIpc) is 3.47. The summed E-state index contributed by atoms with van der Waals surface area (Å²) in [4.78, 5) is 12.9. The van der Waals surface area contributed by atoms with Gasteiger partial charge >= 0.3 is 0 Å². The van der Waals surface area contributed by atoms with Gasteiger partial charge in [-0.05, 0) is 36.1 Å². The first-order valence-electron chi connectivity index (χ1n) is 9.80. The number of carbonyl (C=O) groups is 1. The Morgan fingerprint density at radius 2 is 1.90 bits per heavy atom. The van der Waals surface area contributed by atoms with Crippen molar-refractivity contribution >= 4 is 11.6 Å². The molecule has 1 fully saturated rings. The summed E-state index contributed by atoms with van der Waals surface area (Å²) in [5.41, 5.74) is 2.44. The maximum Gasteiger partial charge on any atom is 0.235 e. The molecule has 1 aromatic heterocycles. The third-order valence-electron chi connectivity index (χ3n) is 5.29. The molecule has 1 amide bonds. The minimum atomic E-state index is -0.437. The van der Waals surface area contributed by atoms with Crippen molar-refractivity contribution in [2.45, 2.75) is 31.4 Å². The van der Waals surface area contributed by atoms with Crippen LogP contribution in [0.3, 0.4) is 0 Å². The number of ether oxygens (including phenoxy) is 2. The van der Waals surface area contributed by atoms with E-state index in [0.29, 0.717) is 25.4 Å². The van der Waals surface area contributed by atoms with Crippen LogP contribution in [0.2, 0.25) is 0 Å². The van der Waals surface area contributed by atoms with Gasteiger partial charge in [-0.25, -0.2) is 0 Å². The summed E-state index contributed by atoms with van der Waals surface area (Å²) in [6.45, 7) is 1.77. The number of nitrogens with one attached hydrogen (secondary N) is 1. The summed E-state index contributed by atoms with van der Waals surface area (Å²) < 4.78 is 12.7. The van der Waals surface area contributed by atoms with Gasteiger partial charge in [0.2, 0.25) is 5.91 Å². The monoisotopic (exact) mass is 391 g/mol. The van der Waals surface area contributed by atoms with E-state index in [1.165, 1.54) is 0 Å². The molecular weight excluding hydrogens is 366 g/mol. The molecule has 3 aromatic rings. The van der Waals surface area contributed by atoms with Crippen LogP contribution in [0, 0.1) is 0 Å². The van der Waals surface area contributed by atoms with E-state index in [-0.39, 0.29) is 5.91 Å². The van der Waals surface area contributed by atoms with E-state index in [2.05, 4.69) is 10.4 Å². The quantitative estimate of drug-likeness (QED) is 0.564. The minimum Gasteiger partial charge on any atom is -0.497 e. The second-order valence-corrected chi connectivity index (χ2v) is 7.30. The van der Waals surface area contributed by atoms with Crippen LogP contribution in [0.4, 0.5) is 5.69 Å². The molecule has 1 saturated carbocycles. The zero-order valence-corrected chi connectivity index (χ0v) is 16.5. The first-order chi connectivity index (χ1) is 14.2. The Balaban J connectivity index is 1.28. The Morgan fingerprint density at radius 1 is 1.14 bits per heavy atom. The van der Waals surface area contributed by atoms with Crippen molar-refractivity contribution in [2.24, 2.45) is 0 Å². The molecule has 1 heterocycles. The maximum atomic E-state index is 12.9. The van der Waals surface area contributed by atoms with Crippen molar-refractivity contribution in [1.82, 2.24) is 9.78 Å². The molecule has 0 spiro atoms. The fraction of sp³-hybridized carbons (Fsp3) is 0.304. The lowest BCUT2D eigenvalue weighted by Crippen LogP contribution is -2.27. The molecule has 1 N–H and O–H groups in total. The average molecular weight is 391 g/mol. The van der Waals surface area contributed by atoms with Gasteiger partial charge in [0, 0.05) is 6.20 Å². The van der Waals surface area contributed by atoms with Gasteiger partial charge in [-0.2, -0.15) is 5.10 Å². The number of benzene rings is 2. The molecule has 0 saturated heterocycles. The van der Waals surface area contributed by atoms with Gasteiger partial charge in [-0.15, -0.1) is 0 Å². The minimum absolute atomic E-state index is 0.0162. The number of amides is 1. The first kappa shape index (κ1) is 19.2. The lowest BCUT2D eigenvalue weighted by Gasteiger charge is -2.15. The molecular formula is C23H25N3O3. The van der Waals surface area contributed by atoms with Crippen LogP contribution in [-0.2, 0) is 28.1 Å². The van der Waals surface area contributed by atoms with Crippen LogP contribution in [-0.4, -0.2) is 29.4 Å². The van der Waals surface area contributed by atoms with Crippen LogP contribution in [0.15, 0.2) is 67.0 Å². The van der Waals surface area contributed by atoms with Gasteiger partial charge in [0.1, 0.15) is 5.75 Å². The maximum absolute atomic E-state index is 12.9. The van der Waals surface area contributed by atoms with Gasteiger partial charge in [0.25, 0.3) is 0 Å². The van der Waals surface area contributed by atoms with E-state index in [0.717, 1.165) is 29.7 Å². The SMILES string of the molecule is COc1ccc(C2(C(=O)Nc3cnn(CCOCc4ccccc4)c3)CC2)cc1. The standard InChI is InChI=1S/C23H25N3O3/c1-28-21-9-7-19(8-10-21)23(11-12-23)22(27)25-20-15-24-26(16-20)13-14-29-17-18-5-3-2-4-6-18/h2-10,15-16H,11-14,17H2,1H3,(H,25,27). The Hall–Kier alpha value is -3.12. The van der Waals surface area contributed by atoms with Gasteiger partial charge in [-0.3, -0.25) is 9.48 Å². The zero-order chi connectivity index (χ0) is 20.1. The molecule has 0 bridgehead atoms. The van der Waals surface area contributed by atoms with Crippen LogP contribution >= 0.6 is 0 Å². The van der Waals surface area contributed by atoms with E-state index in [1.807, 2.05) is 60.8 Å². The Kier molecular flexibility index (Phi) is 5.62. The molecule has 1 aliphatic carbocycles. The number of carbonyl (C=O) groups excluding carboxylic acids is 1. The van der Waals surface area contributed by atoms with Gasteiger partial charge < -0.3 is 14.8 Å². The van der Waals surface area contributed by atoms with Crippen molar-refractivity contribution < 1.29 is 14.3 Å². The lowest BCUT2D eigenvalue weighted by molar-refractivity contribution is -0.118. The smallest absolute Gasteiger partial charge is 0.235 e. The van der Waals surface area contributed by atoms with Gasteiger partial charge in [-0.1, -0.05) is 42.5 Å². The van der Waals surface area contributed by atoms with E-state index in [9.17, 15) is 4.79 Å². The molecule has 0 aliphatic heterocycles. The number of nitrogens with zero attached hydrogens (tertiary/aromatic N) is 2. The lowest BCUT2D eigenvalue weighted by atomic mass is 9.95. The second kappa shape index (κ2) is 8.49. The number of aromatic nitrogens is 2. The van der Waals surface area contributed by atoms with Crippen LogP contribution in [0.1, 0.15) is 24.0 Å². The van der Waals surface area contributed by atoms with E-state index < -0.39 is 5.41 Å². The summed E-state index contributed by atoms with van der Waals surface area (Å²) >= 11 is 0. The van der Waals surface area contributed by atoms with Crippen LogP contribution in [0.25, 0.3) is 0 Å². The number of methoxy groups -OCH3 is 1. The Bertz CT molecular complexity index is 947. The summed E-state index contributed by atoms with van der Waals surface area (Å²) in [6, 6.07) is 17.8. The van der Waals surface area contributed by atoms with E-state index >= 15 is 0 Å². The van der Waals surface area contributed by atoms with Crippen molar-refractivity contribution in [1.29, 1.82) is 0 Å². The topological polar surface area (TPSA) is 65.4 Å². The molecule has 6 heteroatoms. The molecule has 29 heavy (non-hydrogen) atoms. The van der Waals surface area contributed by atoms with Gasteiger partial charge in [0.15, 0.2) is 0 Å². The van der Waals surface area contributed by atoms with Gasteiger partial charge in [0.05, 0.1) is 44.2 Å². The highest BCUT2D eigenvalue weighted by Gasteiger charge is 2.51. The van der Waals surface area contributed by atoms with Crippen molar-refractivity contribution in [3.8, 4) is 5.75 Å². The van der Waals surface area contributed by atoms with Crippen molar-refractivity contribution in [2.75, 3.05) is 19.0 Å². The molecule has 2 aromatic carbocycles. The highest BCUT2D eigenvalue weighted by atomic mass is 16.5.